The Kier molecular flexibility index (Phi) is 66.7. The number of carboxylic acid groups (broad SMARTS) is 1. The first kappa shape index (κ1) is 85.0. The van der Waals surface area contributed by atoms with Crippen LogP contribution in [0.3, 0.4) is 0 Å². The summed E-state index contributed by atoms with van der Waals surface area (Å²) in [5, 5.41) is 11.8. The predicted octanol–water partition coefficient (Wildman–Crippen LogP) is 22.0. The van der Waals surface area contributed by atoms with Gasteiger partial charge < -0.3 is 33.3 Å². The van der Waals surface area contributed by atoms with Crippen molar-refractivity contribution in [1.82, 2.24) is 0 Å². The van der Waals surface area contributed by atoms with E-state index in [1.165, 1.54) is 199 Å². The number of carbonyl (C=O) groups is 3. The third kappa shape index (κ3) is 71.3. The fourth-order valence-electron chi connectivity index (χ4n) is 10.4. The largest absolute Gasteiger partial charge is 0.545 e. The van der Waals surface area contributed by atoms with Gasteiger partial charge in [0.1, 0.15) is 13.2 Å². The number of carbonyl (C=O) groups excluding carboxylic acids is 3. The molecule has 512 valence electrons. The molecule has 89 heavy (non-hydrogen) atoms. The molecule has 0 aromatic carbocycles. The van der Waals surface area contributed by atoms with Crippen molar-refractivity contribution in [2.45, 2.75) is 334 Å². The molecule has 2 unspecified atom stereocenters. The Morgan fingerprint density at radius 3 is 0.966 bits per heavy atom. The number of carboxylic acids is 1. The summed E-state index contributed by atoms with van der Waals surface area (Å²) in [4.78, 5) is 37.5. The molecule has 0 aromatic rings. The van der Waals surface area contributed by atoms with Crippen molar-refractivity contribution in [3.8, 4) is 0 Å². The molecule has 0 bridgehead atoms. The standard InChI is InChI=1S/C80H139NO8/c1-6-8-10-12-14-16-18-20-22-24-26-28-30-32-33-34-35-36-37-38-39-40-41-42-43-44-45-47-49-51-53-55-57-59-61-63-65-67-69-71-78(83)89-76(75-88-80(79(84)85)86-73-72-81(3,4)5)74-87-77(82)70-68-66-64-62-60-58-56-54-52-50-48-46-31-29-27-25-23-21-19-17-15-13-11-9-7-2/h8,10,14,16,20,22,25-28,32-33,35-36,38-39,41-42,76,80H,6-7,9,11-13,15,17-19,21,23-24,29-31,34,37,40,43-75H2,1-5H3/b10-8-,16-14-,22-20-,27-25-,28-26-,33-32-,36-35-,39-38-,42-41-. The van der Waals surface area contributed by atoms with Gasteiger partial charge in [-0.05, 0) is 103 Å². The van der Waals surface area contributed by atoms with Crippen molar-refractivity contribution in [2.75, 3.05) is 47.5 Å². The zero-order valence-corrected chi connectivity index (χ0v) is 58.5. The first-order valence-electron chi connectivity index (χ1n) is 37.0. The predicted molar refractivity (Wildman–Crippen MR) is 380 cm³/mol. The molecule has 0 aromatic heterocycles. The lowest BCUT2D eigenvalue weighted by molar-refractivity contribution is -0.870. The van der Waals surface area contributed by atoms with Crippen LogP contribution in [0.2, 0.25) is 0 Å². The maximum Gasteiger partial charge on any atom is 0.306 e. The van der Waals surface area contributed by atoms with E-state index in [1.807, 2.05) is 21.1 Å². The van der Waals surface area contributed by atoms with Gasteiger partial charge in [0.15, 0.2) is 12.4 Å². The zero-order valence-electron chi connectivity index (χ0n) is 58.5. The molecule has 0 aliphatic rings. The van der Waals surface area contributed by atoms with Gasteiger partial charge in [-0.2, -0.15) is 0 Å². The van der Waals surface area contributed by atoms with Gasteiger partial charge in [-0.1, -0.05) is 316 Å². The van der Waals surface area contributed by atoms with Gasteiger partial charge in [-0.15, -0.1) is 0 Å². The highest BCUT2D eigenvalue weighted by molar-refractivity contribution is 5.70. The first-order valence-corrected chi connectivity index (χ1v) is 37.0. The van der Waals surface area contributed by atoms with Crippen molar-refractivity contribution < 1.29 is 42.9 Å². The van der Waals surface area contributed by atoms with E-state index in [2.05, 4.69) is 123 Å². The van der Waals surface area contributed by atoms with Gasteiger partial charge in [-0.3, -0.25) is 9.59 Å². The number of ether oxygens (including phenoxy) is 4. The fraction of sp³-hybridized carbons (Fsp3) is 0.738. The molecule has 0 rings (SSSR count). The molecule has 0 fully saturated rings. The molecular weight excluding hydrogens is 1100 g/mol. The molecule has 0 aliphatic carbocycles. The Balaban J connectivity index is 4.08. The topological polar surface area (TPSA) is 111 Å². The highest BCUT2D eigenvalue weighted by atomic mass is 16.7. The number of nitrogens with zero attached hydrogens (tertiary/aromatic N) is 1. The molecule has 0 saturated carbocycles. The van der Waals surface area contributed by atoms with E-state index in [9.17, 15) is 19.5 Å². The van der Waals surface area contributed by atoms with Crippen molar-refractivity contribution in [1.29, 1.82) is 0 Å². The van der Waals surface area contributed by atoms with Crippen LogP contribution in [0.1, 0.15) is 322 Å². The van der Waals surface area contributed by atoms with Crippen LogP contribution in [-0.2, 0) is 33.3 Å². The Bertz CT molecular complexity index is 1830. The van der Waals surface area contributed by atoms with Crippen LogP contribution in [0.15, 0.2) is 109 Å². The molecule has 9 heteroatoms. The summed E-state index contributed by atoms with van der Waals surface area (Å²) in [5.41, 5.74) is 0. The molecule has 0 saturated heterocycles. The Morgan fingerprint density at radius 1 is 0.348 bits per heavy atom. The second kappa shape index (κ2) is 69.8. The number of aliphatic carboxylic acids is 1. The van der Waals surface area contributed by atoms with E-state index < -0.39 is 24.3 Å². The molecule has 0 radical (unpaired) electrons. The smallest absolute Gasteiger partial charge is 0.306 e. The number of esters is 2. The molecule has 0 spiro atoms. The minimum absolute atomic E-state index is 0.145. The lowest BCUT2D eigenvalue weighted by Crippen LogP contribution is -2.44. The van der Waals surface area contributed by atoms with E-state index in [0.29, 0.717) is 23.9 Å². The van der Waals surface area contributed by atoms with Crippen molar-refractivity contribution in [3.05, 3.63) is 109 Å². The average molecular weight is 1240 g/mol. The van der Waals surface area contributed by atoms with Crippen molar-refractivity contribution >= 4 is 17.9 Å². The van der Waals surface area contributed by atoms with Gasteiger partial charge in [-0.25, -0.2) is 0 Å². The minimum Gasteiger partial charge on any atom is -0.545 e. The summed E-state index contributed by atoms with van der Waals surface area (Å²) >= 11 is 0. The second-order valence-electron chi connectivity index (χ2n) is 25.9. The molecule has 2 atom stereocenters. The van der Waals surface area contributed by atoms with Crippen molar-refractivity contribution in [3.63, 3.8) is 0 Å². The Labute approximate surface area is 549 Å². The number of allylic oxidation sites excluding steroid dienone is 18. The van der Waals surface area contributed by atoms with Gasteiger partial charge >= 0.3 is 11.9 Å². The highest BCUT2D eigenvalue weighted by Gasteiger charge is 2.22. The molecular formula is C80H139NO8. The minimum atomic E-state index is -1.63. The molecule has 0 aliphatic heterocycles. The maximum absolute atomic E-state index is 13.0. The lowest BCUT2D eigenvalue weighted by atomic mass is 10.0. The summed E-state index contributed by atoms with van der Waals surface area (Å²) in [6.07, 6.45) is 94.6. The summed E-state index contributed by atoms with van der Waals surface area (Å²) in [5.74, 6) is -2.27. The molecule has 0 N–H and O–H groups in total. The fourth-order valence-corrected chi connectivity index (χ4v) is 10.4. The second-order valence-corrected chi connectivity index (χ2v) is 25.9. The number of likely N-dealkylation sites (N-methyl/N-ethyl adjacent to an activating group) is 1. The average Bonchev–Trinajstić information content (AvgIpc) is 3.64. The normalized spacial score (nSPS) is 13.3. The SMILES string of the molecule is CC/C=C\C/C=C\C/C=C\C/C=C\C/C=C\C/C=C\C/C=C\C/C=C\CCCCCCCCCCCCCCCCC(=O)OC(COC(=O)CCCCCCCCCCCCCCC/C=C\CCCCCCCCCC)COC(OCC[N+](C)(C)C)C(=O)[O-]. The van der Waals surface area contributed by atoms with Crippen LogP contribution >= 0.6 is 0 Å². The van der Waals surface area contributed by atoms with E-state index in [0.717, 1.165) is 89.9 Å². The molecule has 9 nitrogen and oxygen atoms in total. The van der Waals surface area contributed by atoms with Gasteiger partial charge in [0.05, 0.1) is 40.3 Å². The van der Waals surface area contributed by atoms with E-state index in [4.69, 9.17) is 18.9 Å². The van der Waals surface area contributed by atoms with Gasteiger partial charge in [0.25, 0.3) is 0 Å². The lowest BCUT2D eigenvalue weighted by Gasteiger charge is -2.26. The van der Waals surface area contributed by atoms with E-state index >= 15 is 0 Å². The zero-order chi connectivity index (χ0) is 64.7. The molecule has 0 heterocycles. The van der Waals surface area contributed by atoms with E-state index in [1.54, 1.807) is 0 Å². The number of rotatable bonds is 68. The Hall–Kier alpha value is -4.05. The quantitative estimate of drug-likeness (QED) is 0.0195. The van der Waals surface area contributed by atoms with Crippen LogP contribution in [0.25, 0.3) is 0 Å². The van der Waals surface area contributed by atoms with Crippen LogP contribution in [0.5, 0.6) is 0 Å². The van der Waals surface area contributed by atoms with Gasteiger partial charge in [0.2, 0.25) is 0 Å². The molecule has 0 amide bonds. The summed E-state index contributed by atoms with van der Waals surface area (Å²) in [6.45, 7) is 4.67. The third-order valence-electron chi connectivity index (χ3n) is 16.0. The summed E-state index contributed by atoms with van der Waals surface area (Å²) in [7, 11) is 5.94. The third-order valence-corrected chi connectivity index (χ3v) is 16.0. The summed E-state index contributed by atoms with van der Waals surface area (Å²) < 4.78 is 22.8. The first-order chi connectivity index (χ1) is 43.6. The maximum atomic E-state index is 13.0. The van der Waals surface area contributed by atoms with Gasteiger partial charge in [0, 0.05) is 12.8 Å². The number of unbranched alkanes of at least 4 members (excludes halogenated alkanes) is 35. The van der Waals surface area contributed by atoms with Crippen LogP contribution in [-0.4, -0.2) is 82.3 Å². The number of hydrogen-bond acceptors (Lipinski definition) is 8. The number of quaternary nitrogens is 1. The highest BCUT2D eigenvalue weighted by Crippen LogP contribution is 2.18. The van der Waals surface area contributed by atoms with Crippen LogP contribution in [0, 0.1) is 0 Å². The number of hydrogen-bond donors (Lipinski definition) is 0. The Morgan fingerprint density at radius 2 is 0.640 bits per heavy atom. The van der Waals surface area contributed by atoms with E-state index in [-0.39, 0.29) is 32.2 Å². The monoisotopic (exact) mass is 1240 g/mol. The van der Waals surface area contributed by atoms with Crippen LogP contribution in [0.4, 0.5) is 0 Å². The van der Waals surface area contributed by atoms with Crippen LogP contribution < -0.4 is 5.11 Å². The van der Waals surface area contributed by atoms with Crippen molar-refractivity contribution in [2.24, 2.45) is 0 Å². The summed E-state index contributed by atoms with van der Waals surface area (Å²) in [6, 6.07) is 0.